The van der Waals surface area contributed by atoms with Crippen LogP contribution in [0.5, 0.6) is 11.6 Å². The number of nitrogens with one attached hydrogen (secondary N) is 1. The van der Waals surface area contributed by atoms with E-state index in [-0.39, 0.29) is 40.6 Å². The first-order valence-corrected chi connectivity index (χ1v) is 11.9. The number of aryl methyl sites for hydroxylation is 1. The fourth-order valence-electron chi connectivity index (χ4n) is 3.24. The van der Waals surface area contributed by atoms with Crippen molar-refractivity contribution in [1.82, 2.24) is 19.4 Å². The summed E-state index contributed by atoms with van der Waals surface area (Å²) in [5.41, 5.74) is 0.210. The minimum atomic E-state index is -4.11. The molecule has 13 heteroatoms. The molecule has 1 fully saturated rings. The molecule has 180 valence electrons. The maximum Gasteiger partial charge on any atom is 0.274 e. The molecule has 1 aliphatic heterocycles. The number of hydrogen-bond acceptors (Lipinski definition) is 8. The number of hydrogen-bond donors (Lipinski definition) is 1. The van der Waals surface area contributed by atoms with Gasteiger partial charge in [0, 0.05) is 44.4 Å². The molecule has 1 aromatic heterocycles. The summed E-state index contributed by atoms with van der Waals surface area (Å²) in [6, 6.07) is 3.32. The van der Waals surface area contributed by atoms with Gasteiger partial charge in [-0.25, -0.2) is 17.8 Å². The van der Waals surface area contributed by atoms with Gasteiger partial charge in [0.1, 0.15) is 10.6 Å². The number of nitro benzene ring substituents is 1. The normalized spacial score (nSPS) is 14.5. The van der Waals surface area contributed by atoms with Crippen LogP contribution in [0.3, 0.4) is 0 Å². The predicted octanol–water partition coefficient (Wildman–Crippen LogP) is 1.84. The third kappa shape index (κ3) is 5.49. The van der Waals surface area contributed by atoms with Gasteiger partial charge in [-0.05, 0) is 18.9 Å². The van der Waals surface area contributed by atoms with Gasteiger partial charge in [-0.2, -0.15) is 5.10 Å². The Morgan fingerprint density at radius 1 is 1.33 bits per heavy atom. The topological polar surface area (TPSA) is 146 Å². The average Bonchev–Trinajstić information content (AvgIpc) is 3.06. The van der Waals surface area contributed by atoms with Crippen LogP contribution < -0.4 is 9.46 Å². The molecule has 3 rings (SSSR count). The van der Waals surface area contributed by atoms with Gasteiger partial charge in [-0.1, -0.05) is 13.8 Å². The largest absolute Gasteiger partial charge is 0.438 e. The van der Waals surface area contributed by atoms with Crippen molar-refractivity contribution in [1.29, 1.82) is 0 Å². The Bertz CT molecular complexity index is 1150. The van der Waals surface area contributed by atoms with Gasteiger partial charge in [-0.3, -0.25) is 14.9 Å². The molecule has 0 spiro atoms. The fourth-order valence-corrected chi connectivity index (χ4v) is 4.60. The highest BCUT2D eigenvalue weighted by Gasteiger charge is 2.28. The number of nitro groups is 1. The van der Waals surface area contributed by atoms with Gasteiger partial charge < -0.3 is 14.4 Å². The van der Waals surface area contributed by atoms with E-state index in [1.165, 1.54) is 10.7 Å². The summed E-state index contributed by atoms with van der Waals surface area (Å²) in [6.45, 7) is 7.22. The molecule has 33 heavy (non-hydrogen) atoms. The van der Waals surface area contributed by atoms with Crippen molar-refractivity contribution >= 4 is 21.6 Å². The number of sulfonamides is 1. The van der Waals surface area contributed by atoms with Crippen molar-refractivity contribution in [2.24, 2.45) is 13.0 Å². The number of ether oxygens (including phenoxy) is 2. The van der Waals surface area contributed by atoms with Gasteiger partial charge >= 0.3 is 0 Å². The van der Waals surface area contributed by atoms with Gasteiger partial charge in [-0.15, -0.1) is 0 Å². The van der Waals surface area contributed by atoms with E-state index in [0.717, 1.165) is 12.1 Å². The molecular weight excluding hydrogens is 454 g/mol. The second-order valence-electron chi connectivity index (χ2n) is 8.04. The summed E-state index contributed by atoms with van der Waals surface area (Å²) in [5.74, 6) is -0.221. The summed E-state index contributed by atoms with van der Waals surface area (Å²) in [5, 5.41) is 15.5. The van der Waals surface area contributed by atoms with E-state index < -0.39 is 20.6 Å². The van der Waals surface area contributed by atoms with Crippen molar-refractivity contribution < 1.29 is 27.6 Å². The molecule has 0 unspecified atom stereocenters. The predicted molar refractivity (Wildman–Crippen MR) is 118 cm³/mol. The second-order valence-corrected chi connectivity index (χ2v) is 9.78. The average molecular weight is 482 g/mol. The van der Waals surface area contributed by atoms with E-state index in [9.17, 15) is 23.3 Å². The first kappa shape index (κ1) is 24.6. The highest BCUT2D eigenvalue weighted by Crippen LogP contribution is 2.34. The number of nitrogens with zero attached hydrogens (tertiary/aromatic N) is 4. The number of benzene rings is 1. The Labute approximate surface area is 191 Å². The third-order valence-corrected chi connectivity index (χ3v) is 6.48. The number of non-ortho nitro benzene ring substituents is 1. The van der Waals surface area contributed by atoms with Crippen molar-refractivity contribution in [2.45, 2.75) is 25.7 Å². The van der Waals surface area contributed by atoms with E-state index in [4.69, 9.17) is 9.47 Å². The van der Waals surface area contributed by atoms with Crippen LogP contribution in [0.25, 0.3) is 0 Å². The molecule has 1 N–H and O–H groups in total. The van der Waals surface area contributed by atoms with E-state index in [2.05, 4.69) is 9.82 Å². The standard InChI is InChI=1S/C20H27N5O7S/c1-13(2)12-21-33(29,30)17-11-15(25(27)28)5-6-16(17)32-20-14(3)18(22-23(20)4)19(26)24-7-9-31-10-8-24/h5-6,11,13,21H,7-10,12H2,1-4H3. The number of carbonyl (C=O) groups is 1. The molecule has 12 nitrogen and oxygen atoms in total. The SMILES string of the molecule is Cc1c(C(=O)N2CCOCC2)nn(C)c1Oc1ccc([N+](=O)[O-])cc1S(=O)(=O)NCC(C)C. The molecule has 1 aliphatic rings. The summed E-state index contributed by atoms with van der Waals surface area (Å²) in [7, 11) is -2.55. The monoisotopic (exact) mass is 481 g/mol. The lowest BCUT2D eigenvalue weighted by Crippen LogP contribution is -2.41. The van der Waals surface area contributed by atoms with Crippen molar-refractivity contribution in [3.8, 4) is 11.6 Å². The Hall–Kier alpha value is -3.03. The quantitative estimate of drug-likeness (QED) is 0.444. The fraction of sp³-hybridized carbons (Fsp3) is 0.500. The highest BCUT2D eigenvalue weighted by atomic mass is 32.2. The van der Waals surface area contributed by atoms with Crippen molar-refractivity contribution in [3.63, 3.8) is 0 Å². The van der Waals surface area contributed by atoms with Crippen LogP contribution >= 0.6 is 0 Å². The molecule has 1 amide bonds. The highest BCUT2D eigenvalue weighted by molar-refractivity contribution is 7.89. The Morgan fingerprint density at radius 2 is 2.00 bits per heavy atom. The molecule has 1 aromatic carbocycles. The number of rotatable bonds is 8. The van der Waals surface area contributed by atoms with Crippen LogP contribution in [-0.2, 0) is 21.8 Å². The van der Waals surface area contributed by atoms with Crippen LogP contribution in [-0.4, -0.2) is 66.8 Å². The smallest absolute Gasteiger partial charge is 0.274 e. The van der Waals surface area contributed by atoms with E-state index in [0.29, 0.717) is 31.9 Å². The molecule has 0 saturated carbocycles. The lowest BCUT2D eigenvalue weighted by Gasteiger charge is -2.26. The van der Waals surface area contributed by atoms with Crippen LogP contribution in [0, 0.1) is 23.0 Å². The number of morpholine rings is 1. The lowest BCUT2D eigenvalue weighted by atomic mass is 10.2. The van der Waals surface area contributed by atoms with Gasteiger partial charge in [0.15, 0.2) is 5.69 Å². The molecule has 2 aromatic rings. The Morgan fingerprint density at radius 3 is 2.61 bits per heavy atom. The zero-order chi connectivity index (χ0) is 24.3. The Kier molecular flexibility index (Phi) is 7.34. The van der Waals surface area contributed by atoms with Gasteiger partial charge in [0.25, 0.3) is 11.6 Å². The van der Waals surface area contributed by atoms with Crippen molar-refractivity contribution in [2.75, 3.05) is 32.8 Å². The lowest BCUT2D eigenvalue weighted by molar-refractivity contribution is -0.385. The van der Waals surface area contributed by atoms with Crippen LogP contribution in [0.1, 0.15) is 29.9 Å². The summed E-state index contributed by atoms with van der Waals surface area (Å²) >= 11 is 0. The molecular formula is C20H27N5O7S. The second kappa shape index (κ2) is 9.85. The number of aromatic nitrogens is 2. The van der Waals surface area contributed by atoms with Gasteiger partial charge in [0.05, 0.1) is 18.1 Å². The molecule has 0 aliphatic carbocycles. The van der Waals surface area contributed by atoms with Crippen LogP contribution in [0.4, 0.5) is 5.69 Å². The van der Waals surface area contributed by atoms with E-state index in [1.807, 2.05) is 13.8 Å². The minimum Gasteiger partial charge on any atom is -0.438 e. The van der Waals surface area contributed by atoms with E-state index in [1.54, 1.807) is 18.9 Å². The van der Waals surface area contributed by atoms with Crippen LogP contribution in [0.15, 0.2) is 23.1 Å². The maximum absolute atomic E-state index is 12.9. The molecule has 2 heterocycles. The zero-order valence-electron chi connectivity index (χ0n) is 18.9. The van der Waals surface area contributed by atoms with Gasteiger partial charge in [0.2, 0.25) is 15.9 Å². The third-order valence-electron chi connectivity index (χ3n) is 5.04. The first-order valence-electron chi connectivity index (χ1n) is 10.4. The van der Waals surface area contributed by atoms with E-state index >= 15 is 0 Å². The van der Waals surface area contributed by atoms with Crippen molar-refractivity contribution in [3.05, 3.63) is 39.6 Å². The first-order chi connectivity index (χ1) is 15.5. The molecule has 0 bridgehead atoms. The summed E-state index contributed by atoms with van der Waals surface area (Å²) in [4.78, 5) is 24.7. The summed E-state index contributed by atoms with van der Waals surface area (Å²) in [6.07, 6.45) is 0. The molecule has 1 saturated heterocycles. The maximum atomic E-state index is 12.9. The molecule has 0 atom stereocenters. The molecule has 0 radical (unpaired) electrons. The minimum absolute atomic E-state index is 0.0240. The summed E-state index contributed by atoms with van der Waals surface area (Å²) < 4.78 is 40.7. The number of amides is 1. The Balaban J connectivity index is 1.98. The zero-order valence-corrected chi connectivity index (χ0v) is 19.7. The number of carbonyl (C=O) groups excluding carboxylic acids is 1. The van der Waals surface area contributed by atoms with Crippen LogP contribution in [0.2, 0.25) is 0 Å².